The number of nitrogens with zero attached hydrogens (tertiary/aromatic N) is 1. The lowest BCUT2D eigenvalue weighted by atomic mass is 10.1. The van der Waals surface area contributed by atoms with Crippen molar-refractivity contribution in [3.05, 3.63) is 32.5 Å². The van der Waals surface area contributed by atoms with Crippen LogP contribution < -0.4 is 0 Å². The summed E-state index contributed by atoms with van der Waals surface area (Å²) in [6.45, 7) is 0. The molecule has 0 saturated heterocycles. The summed E-state index contributed by atoms with van der Waals surface area (Å²) in [6.07, 6.45) is 0.337. The van der Waals surface area contributed by atoms with E-state index in [0.29, 0.717) is 11.8 Å². The minimum absolute atomic E-state index is 0.194. The van der Waals surface area contributed by atoms with Crippen LogP contribution in [0.15, 0.2) is 17.5 Å². The van der Waals surface area contributed by atoms with E-state index in [1.54, 1.807) is 6.07 Å². The van der Waals surface area contributed by atoms with Gasteiger partial charge in [0.1, 0.15) is 5.82 Å². The first-order chi connectivity index (χ1) is 6.72. The highest BCUT2D eigenvalue weighted by Gasteiger charge is 2.07. The number of thiophene rings is 1. The molecule has 0 amide bonds. The van der Waals surface area contributed by atoms with Gasteiger partial charge in [0.15, 0.2) is 0 Å². The summed E-state index contributed by atoms with van der Waals surface area (Å²) in [5, 5.41) is 10.7. The van der Waals surface area contributed by atoms with Gasteiger partial charge in [-0.2, -0.15) is 5.26 Å². The summed E-state index contributed by atoms with van der Waals surface area (Å²) in [4.78, 5) is 0. The Hall–Kier alpha value is -0.670. The van der Waals surface area contributed by atoms with Crippen molar-refractivity contribution in [2.45, 2.75) is 6.42 Å². The molecule has 4 heteroatoms. The second-order valence-corrected chi connectivity index (χ2v) is 4.93. The van der Waals surface area contributed by atoms with Crippen LogP contribution in [0.2, 0.25) is 0 Å². The van der Waals surface area contributed by atoms with Crippen molar-refractivity contribution >= 4 is 44.0 Å². The fourth-order valence-electron chi connectivity index (χ4n) is 1.28. The molecule has 70 valence electrons. The highest BCUT2D eigenvalue weighted by molar-refractivity contribution is 14.1. The molecule has 0 N–H and O–H groups in total. The predicted octanol–water partition coefficient (Wildman–Crippen LogP) is 3.71. The van der Waals surface area contributed by atoms with Crippen LogP contribution in [-0.2, 0) is 6.42 Å². The molecule has 0 atom stereocenters. The summed E-state index contributed by atoms with van der Waals surface area (Å²) in [5.74, 6) is -0.194. The summed E-state index contributed by atoms with van der Waals surface area (Å²) in [6, 6.07) is 5.77. The van der Waals surface area contributed by atoms with Gasteiger partial charge >= 0.3 is 0 Å². The molecule has 2 rings (SSSR count). The van der Waals surface area contributed by atoms with E-state index in [4.69, 9.17) is 5.26 Å². The Kier molecular flexibility index (Phi) is 2.70. The fraction of sp³-hybridized carbons (Fsp3) is 0.100. The van der Waals surface area contributed by atoms with Crippen molar-refractivity contribution in [2.75, 3.05) is 0 Å². The minimum atomic E-state index is -0.194. The molecule has 0 unspecified atom stereocenters. The van der Waals surface area contributed by atoms with Crippen LogP contribution in [0, 0.1) is 20.7 Å². The highest BCUT2D eigenvalue weighted by Crippen LogP contribution is 2.28. The van der Waals surface area contributed by atoms with Gasteiger partial charge in [0.25, 0.3) is 0 Å². The van der Waals surface area contributed by atoms with E-state index in [2.05, 4.69) is 28.7 Å². The molecule has 0 radical (unpaired) electrons. The summed E-state index contributed by atoms with van der Waals surface area (Å²) in [5.41, 5.74) is 0.901. The maximum Gasteiger partial charge on any atom is 0.141 e. The molecule has 1 heterocycles. The van der Waals surface area contributed by atoms with Gasteiger partial charge in [-0.1, -0.05) is 0 Å². The topological polar surface area (TPSA) is 23.8 Å². The molecule has 0 aliphatic carbocycles. The van der Waals surface area contributed by atoms with Gasteiger partial charge in [0.2, 0.25) is 0 Å². The first kappa shape index (κ1) is 9.87. The van der Waals surface area contributed by atoms with Crippen molar-refractivity contribution in [1.82, 2.24) is 0 Å². The number of halogens is 2. The Labute approximate surface area is 98.3 Å². The Bertz CT molecular complexity index is 527. The van der Waals surface area contributed by atoms with Gasteiger partial charge in [-0.25, -0.2) is 4.39 Å². The second kappa shape index (κ2) is 3.83. The van der Waals surface area contributed by atoms with Crippen LogP contribution >= 0.6 is 33.9 Å². The highest BCUT2D eigenvalue weighted by atomic mass is 127. The Morgan fingerprint density at radius 3 is 3.00 bits per heavy atom. The van der Waals surface area contributed by atoms with Crippen LogP contribution in [0.5, 0.6) is 0 Å². The van der Waals surface area contributed by atoms with E-state index < -0.39 is 0 Å². The third-order valence-electron chi connectivity index (χ3n) is 1.96. The third kappa shape index (κ3) is 1.62. The van der Waals surface area contributed by atoms with E-state index in [1.807, 2.05) is 6.07 Å². The Morgan fingerprint density at radius 1 is 1.50 bits per heavy atom. The molecular formula is C10H5FINS. The number of fused-ring (bicyclic) bond motifs is 1. The number of nitriles is 1. The van der Waals surface area contributed by atoms with Crippen molar-refractivity contribution < 1.29 is 4.39 Å². The molecule has 0 spiro atoms. The standard InChI is InChI=1S/C10H5FINS/c11-8-5-14-10-4-9(12)6(1-2-13)3-7(8)10/h3-5H,1H2. The van der Waals surface area contributed by atoms with Gasteiger partial charge < -0.3 is 0 Å². The molecule has 14 heavy (non-hydrogen) atoms. The number of hydrogen-bond donors (Lipinski definition) is 0. The quantitative estimate of drug-likeness (QED) is 0.736. The zero-order chi connectivity index (χ0) is 10.1. The molecule has 0 bridgehead atoms. The minimum Gasteiger partial charge on any atom is -0.205 e. The predicted molar refractivity (Wildman–Crippen MR) is 63.8 cm³/mol. The number of rotatable bonds is 1. The van der Waals surface area contributed by atoms with Crippen molar-refractivity contribution in [1.29, 1.82) is 5.26 Å². The van der Waals surface area contributed by atoms with E-state index >= 15 is 0 Å². The molecule has 1 aromatic carbocycles. The number of benzene rings is 1. The molecule has 0 saturated carbocycles. The zero-order valence-electron chi connectivity index (χ0n) is 7.05. The van der Waals surface area contributed by atoms with Gasteiger partial charge in [-0.15, -0.1) is 11.3 Å². The first-order valence-corrected chi connectivity index (χ1v) is 5.90. The number of hydrogen-bond acceptors (Lipinski definition) is 2. The van der Waals surface area contributed by atoms with Crippen molar-refractivity contribution in [2.24, 2.45) is 0 Å². The van der Waals surface area contributed by atoms with Crippen molar-refractivity contribution in [3.63, 3.8) is 0 Å². The van der Waals surface area contributed by atoms with E-state index in [1.165, 1.54) is 16.7 Å². The smallest absolute Gasteiger partial charge is 0.141 e. The van der Waals surface area contributed by atoms with Gasteiger partial charge in [-0.3, -0.25) is 0 Å². The van der Waals surface area contributed by atoms with Crippen LogP contribution in [0.25, 0.3) is 10.1 Å². The second-order valence-electron chi connectivity index (χ2n) is 2.86. The van der Waals surface area contributed by atoms with E-state index in [-0.39, 0.29) is 5.82 Å². The summed E-state index contributed by atoms with van der Waals surface area (Å²) in [7, 11) is 0. The average Bonchev–Trinajstić information content (AvgIpc) is 2.49. The lowest BCUT2D eigenvalue weighted by Crippen LogP contribution is -1.86. The maximum atomic E-state index is 13.2. The van der Waals surface area contributed by atoms with Crippen molar-refractivity contribution in [3.8, 4) is 6.07 Å². The van der Waals surface area contributed by atoms with Crippen LogP contribution in [0.1, 0.15) is 5.56 Å². The normalized spacial score (nSPS) is 10.4. The Balaban J connectivity index is 2.69. The van der Waals surface area contributed by atoms with E-state index in [9.17, 15) is 4.39 Å². The summed E-state index contributed by atoms with van der Waals surface area (Å²) >= 11 is 3.57. The van der Waals surface area contributed by atoms with Gasteiger partial charge in [0, 0.05) is 19.0 Å². The first-order valence-electron chi connectivity index (χ1n) is 3.94. The molecule has 1 aromatic heterocycles. The average molecular weight is 317 g/mol. The largest absolute Gasteiger partial charge is 0.205 e. The third-order valence-corrected chi connectivity index (χ3v) is 3.89. The molecule has 1 nitrogen and oxygen atoms in total. The molecule has 0 aliphatic rings. The van der Waals surface area contributed by atoms with Gasteiger partial charge in [-0.05, 0) is 40.3 Å². The SMILES string of the molecule is N#CCc1cc2c(F)csc2cc1I. The zero-order valence-corrected chi connectivity index (χ0v) is 10.0. The maximum absolute atomic E-state index is 13.2. The van der Waals surface area contributed by atoms with Crippen LogP contribution in [0.3, 0.4) is 0 Å². The van der Waals surface area contributed by atoms with Crippen LogP contribution in [-0.4, -0.2) is 0 Å². The molecular weight excluding hydrogens is 312 g/mol. The lowest BCUT2D eigenvalue weighted by molar-refractivity contribution is 0.644. The van der Waals surface area contributed by atoms with Crippen LogP contribution in [0.4, 0.5) is 4.39 Å². The molecule has 0 fully saturated rings. The Morgan fingerprint density at radius 2 is 2.29 bits per heavy atom. The van der Waals surface area contributed by atoms with Gasteiger partial charge in [0.05, 0.1) is 12.5 Å². The van der Waals surface area contributed by atoms with E-state index in [0.717, 1.165) is 13.8 Å². The summed E-state index contributed by atoms with van der Waals surface area (Å²) < 4.78 is 15.2. The fourth-order valence-corrected chi connectivity index (χ4v) is 2.98. The lowest BCUT2D eigenvalue weighted by Gasteiger charge is -1.99. The molecule has 0 aliphatic heterocycles. The molecule has 2 aromatic rings. The monoisotopic (exact) mass is 317 g/mol.